The van der Waals surface area contributed by atoms with Crippen molar-refractivity contribution in [1.29, 1.82) is 0 Å². The molecule has 0 fully saturated rings. The van der Waals surface area contributed by atoms with Crippen LogP contribution in [0.3, 0.4) is 0 Å². The van der Waals surface area contributed by atoms with Crippen molar-refractivity contribution in [1.82, 2.24) is 9.78 Å². The molecule has 0 saturated heterocycles. The zero-order valence-electron chi connectivity index (χ0n) is 16.9. The first kappa shape index (κ1) is 19.5. The van der Waals surface area contributed by atoms with Gasteiger partial charge in [-0.15, -0.1) is 5.11 Å². The zero-order chi connectivity index (χ0) is 20.3. The summed E-state index contributed by atoms with van der Waals surface area (Å²) in [6.45, 7) is 10.2. The van der Waals surface area contributed by atoms with Crippen LogP contribution in [0.1, 0.15) is 39.8 Å². The summed E-state index contributed by atoms with van der Waals surface area (Å²) in [6.07, 6.45) is 0. The molecule has 0 unspecified atom stereocenters. The molecule has 2 aromatic carbocycles. The smallest absolute Gasteiger partial charge is 0.338 e. The van der Waals surface area contributed by atoms with Gasteiger partial charge in [-0.05, 0) is 82.1 Å². The average Bonchev–Trinajstić information content (AvgIpc) is 2.97. The first-order chi connectivity index (χ1) is 13.4. The first-order valence-corrected chi connectivity index (χ1v) is 9.23. The lowest BCUT2D eigenvalue weighted by atomic mass is 10.1. The van der Waals surface area contributed by atoms with E-state index in [-0.39, 0.29) is 5.97 Å². The second-order valence-electron chi connectivity index (χ2n) is 6.67. The van der Waals surface area contributed by atoms with Gasteiger partial charge in [-0.25, -0.2) is 9.48 Å². The lowest BCUT2D eigenvalue weighted by molar-refractivity contribution is 0.0526. The summed E-state index contributed by atoms with van der Waals surface area (Å²) in [4.78, 5) is 11.7. The van der Waals surface area contributed by atoms with Crippen LogP contribution in [0.15, 0.2) is 52.7 Å². The quantitative estimate of drug-likeness (QED) is 0.424. The summed E-state index contributed by atoms with van der Waals surface area (Å²) in [7, 11) is 0. The number of rotatable bonds is 5. The van der Waals surface area contributed by atoms with Crippen molar-refractivity contribution in [2.45, 2.75) is 34.6 Å². The van der Waals surface area contributed by atoms with Gasteiger partial charge >= 0.3 is 5.97 Å². The standard InChI is InChI=1S/C22H24N4O2/c1-6-28-22(27)18-8-10-19(11-9-18)23-24-21-16(4)25-26(17(21)5)20-12-7-14(2)15(3)13-20/h7-13H,6H2,1-5H3. The maximum atomic E-state index is 11.7. The maximum Gasteiger partial charge on any atom is 0.338 e. The number of aryl methyl sites for hydroxylation is 3. The number of ether oxygens (including phenoxy) is 1. The SMILES string of the molecule is CCOC(=O)c1ccc(N=Nc2c(C)nn(-c3ccc(C)c(C)c3)c2C)cc1. The Kier molecular flexibility index (Phi) is 5.68. The molecule has 6 heteroatoms. The number of nitrogens with zero attached hydrogens (tertiary/aromatic N) is 4. The third kappa shape index (κ3) is 4.01. The largest absolute Gasteiger partial charge is 0.462 e. The second-order valence-corrected chi connectivity index (χ2v) is 6.67. The molecule has 144 valence electrons. The topological polar surface area (TPSA) is 68.8 Å². The predicted octanol–water partition coefficient (Wildman–Crippen LogP) is 5.70. The van der Waals surface area contributed by atoms with Gasteiger partial charge in [0, 0.05) is 0 Å². The highest BCUT2D eigenvalue weighted by Crippen LogP contribution is 2.28. The normalized spacial score (nSPS) is 11.2. The van der Waals surface area contributed by atoms with Crippen molar-refractivity contribution in [3.05, 3.63) is 70.5 Å². The molecule has 0 aliphatic rings. The highest BCUT2D eigenvalue weighted by atomic mass is 16.5. The van der Waals surface area contributed by atoms with E-state index in [1.54, 1.807) is 31.2 Å². The Balaban J connectivity index is 1.85. The predicted molar refractivity (Wildman–Crippen MR) is 109 cm³/mol. The summed E-state index contributed by atoms with van der Waals surface area (Å²) in [5.74, 6) is -0.340. The fourth-order valence-corrected chi connectivity index (χ4v) is 2.87. The molecule has 0 bridgehead atoms. The summed E-state index contributed by atoms with van der Waals surface area (Å²) < 4.78 is 6.87. The van der Waals surface area contributed by atoms with Gasteiger partial charge < -0.3 is 4.74 Å². The van der Waals surface area contributed by atoms with Gasteiger partial charge in [0.05, 0.1) is 34.9 Å². The molecule has 1 heterocycles. The van der Waals surface area contributed by atoms with Crippen LogP contribution in [0.25, 0.3) is 5.69 Å². The number of hydrogen-bond acceptors (Lipinski definition) is 5. The molecule has 0 amide bonds. The molecule has 1 aromatic heterocycles. The minimum Gasteiger partial charge on any atom is -0.462 e. The van der Waals surface area contributed by atoms with Crippen molar-refractivity contribution in [2.24, 2.45) is 10.2 Å². The summed E-state index contributed by atoms with van der Waals surface area (Å²) in [5, 5.41) is 13.3. The van der Waals surface area contributed by atoms with E-state index in [9.17, 15) is 4.79 Å². The maximum absolute atomic E-state index is 11.7. The van der Waals surface area contributed by atoms with Crippen molar-refractivity contribution >= 4 is 17.3 Å². The van der Waals surface area contributed by atoms with Gasteiger partial charge in [-0.2, -0.15) is 10.2 Å². The Morgan fingerprint density at radius 2 is 1.71 bits per heavy atom. The Bertz CT molecular complexity index is 1030. The third-order valence-corrected chi connectivity index (χ3v) is 4.63. The number of carbonyl (C=O) groups is 1. The molecule has 0 N–H and O–H groups in total. The van der Waals surface area contributed by atoms with Gasteiger partial charge in [0.25, 0.3) is 0 Å². The monoisotopic (exact) mass is 376 g/mol. The number of carbonyl (C=O) groups excluding carboxylic acids is 1. The highest BCUT2D eigenvalue weighted by molar-refractivity contribution is 5.89. The fraction of sp³-hybridized carbons (Fsp3) is 0.273. The molecule has 3 rings (SSSR count). The van der Waals surface area contributed by atoms with Gasteiger partial charge in [-0.3, -0.25) is 0 Å². The van der Waals surface area contributed by atoms with Crippen molar-refractivity contribution in [3.63, 3.8) is 0 Å². The molecule has 0 spiro atoms. The van der Waals surface area contributed by atoms with E-state index in [1.807, 2.05) is 18.5 Å². The number of benzene rings is 2. The van der Waals surface area contributed by atoms with Crippen LogP contribution >= 0.6 is 0 Å². The summed E-state index contributed by atoms with van der Waals surface area (Å²) in [6, 6.07) is 13.1. The van der Waals surface area contributed by atoms with E-state index in [2.05, 4.69) is 47.4 Å². The molecule has 6 nitrogen and oxygen atoms in total. The van der Waals surface area contributed by atoms with Gasteiger partial charge in [-0.1, -0.05) is 6.07 Å². The average molecular weight is 376 g/mol. The summed E-state index contributed by atoms with van der Waals surface area (Å²) in [5.41, 5.74) is 7.10. The van der Waals surface area contributed by atoms with Crippen LogP contribution in [-0.4, -0.2) is 22.4 Å². The molecule has 0 aliphatic carbocycles. The van der Waals surface area contributed by atoms with Crippen LogP contribution < -0.4 is 0 Å². The Labute approximate surface area is 164 Å². The molecular formula is C22H24N4O2. The Morgan fingerprint density at radius 3 is 2.36 bits per heavy atom. The molecule has 28 heavy (non-hydrogen) atoms. The minimum atomic E-state index is -0.340. The van der Waals surface area contributed by atoms with Crippen molar-refractivity contribution in [2.75, 3.05) is 6.61 Å². The van der Waals surface area contributed by atoms with Crippen molar-refractivity contribution < 1.29 is 9.53 Å². The molecular weight excluding hydrogens is 352 g/mol. The molecule has 0 radical (unpaired) electrons. The van der Waals surface area contributed by atoms with Crippen LogP contribution in [0.4, 0.5) is 11.4 Å². The van der Waals surface area contributed by atoms with E-state index in [1.165, 1.54) is 11.1 Å². The number of esters is 1. The number of hydrogen-bond donors (Lipinski definition) is 0. The van der Waals surface area contributed by atoms with Crippen LogP contribution in [0, 0.1) is 27.7 Å². The second kappa shape index (κ2) is 8.17. The van der Waals surface area contributed by atoms with E-state index < -0.39 is 0 Å². The van der Waals surface area contributed by atoms with Gasteiger partial charge in [0.1, 0.15) is 5.69 Å². The third-order valence-electron chi connectivity index (χ3n) is 4.63. The van der Waals surface area contributed by atoms with E-state index >= 15 is 0 Å². The van der Waals surface area contributed by atoms with Crippen molar-refractivity contribution in [3.8, 4) is 5.69 Å². The van der Waals surface area contributed by atoms with Crippen LogP contribution in [-0.2, 0) is 4.74 Å². The lowest BCUT2D eigenvalue weighted by Gasteiger charge is -2.07. The zero-order valence-corrected chi connectivity index (χ0v) is 16.9. The Hall–Kier alpha value is -3.28. The highest BCUT2D eigenvalue weighted by Gasteiger charge is 2.13. The molecule has 0 atom stereocenters. The Morgan fingerprint density at radius 1 is 1.00 bits per heavy atom. The van der Waals surface area contributed by atoms with E-state index in [0.29, 0.717) is 17.9 Å². The first-order valence-electron chi connectivity index (χ1n) is 9.23. The lowest BCUT2D eigenvalue weighted by Crippen LogP contribution is -2.03. The van der Waals surface area contributed by atoms with E-state index in [0.717, 1.165) is 22.8 Å². The van der Waals surface area contributed by atoms with Gasteiger partial charge in [0.2, 0.25) is 0 Å². The molecule has 0 saturated carbocycles. The van der Waals surface area contributed by atoms with Crippen LogP contribution in [0.5, 0.6) is 0 Å². The minimum absolute atomic E-state index is 0.340. The number of aromatic nitrogens is 2. The fourth-order valence-electron chi connectivity index (χ4n) is 2.87. The summed E-state index contributed by atoms with van der Waals surface area (Å²) >= 11 is 0. The van der Waals surface area contributed by atoms with E-state index in [4.69, 9.17) is 4.74 Å². The molecule has 3 aromatic rings. The number of azo groups is 1. The van der Waals surface area contributed by atoms with Crippen LogP contribution in [0.2, 0.25) is 0 Å². The molecule has 0 aliphatic heterocycles. The van der Waals surface area contributed by atoms with Gasteiger partial charge in [0.15, 0.2) is 0 Å².